The van der Waals surface area contributed by atoms with Crippen molar-refractivity contribution in [1.29, 1.82) is 0 Å². The average molecular weight is 551 g/mol. The number of benzene rings is 2. The van der Waals surface area contributed by atoms with Crippen LogP contribution in [0.1, 0.15) is 42.4 Å². The second-order valence-electron chi connectivity index (χ2n) is 12.0. The Morgan fingerprint density at radius 1 is 1.12 bits per heavy atom. The largest absolute Gasteiger partial charge is 0.497 e. The number of hydrogen-bond acceptors (Lipinski definition) is 6. The fourth-order valence-electron chi connectivity index (χ4n) is 7.67. The first-order valence-corrected chi connectivity index (χ1v) is 14.4. The zero-order valence-electron chi connectivity index (χ0n) is 22.7. The summed E-state index contributed by atoms with van der Waals surface area (Å²) in [6.45, 7) is 2.81. The lowest BCUT2D eigenvalue weighted by Crippen LogP contribution is -2.37. The van der Waals surface area contributed by atoms with Crippen molar-refractivity contribution >= 4 is 17.7 Å². The number of anilines is 1. The standard InChI is InChI=1S/C31H36F2N4O3/c1-39-20-4-7-28-23(15-20)31(30(38)34-28)16-24(31)19-3-5-21-27(35-36-29(21)14-19)6-2-18-12-25(32)22(26(33)13-18)17-37-8-10-40-11-9-37/h2,4,6-7,12-13,15,19,21,24,27,29,35-36H,3,5,8-11,14,16-17H2,1H3,(H,34,38)/b6-2+/t19?,21?,24-,27?,29?,31-/m0/s1. The van der Waals surface area contributed by atoms with Crippen LogP contribution < -0.4 is 20.9 Å². The Morgan fingerprint density at radius 2 is 1.93 bits per heavy atom. The Hall–Kier alpha value is -2.85. The summed E-state index contributed by atoms with van der Waals surface area (Å²) in [6.07, 6.45) is 7.83. The van der Waals surface area contributed by atoms with Gasteiger partial charge in [-0.25, -0.2) is 8.78 Å². The van der Waals surface area contributed by atoms with Crippen LogP contribution in [0.4, 0.5) is 14.5 Å². The molecule has 7 rings (SSSR count). The lowest BCUT2D eigenvalue weighted by molar-refractivity contribution is -0.118. The van der Waals surface area contributed by atoms with E-state index in [9.17, 15) is 13.6 Å². The van der Waals surface area contributed by atoms with Gasteiger partial charge in [0.25, 0.3) is 0 Å². The van der Waals surface area contributed by atoms with E-state index in [2.05, 4.69) is 16.2 Å². The number of nitrogens with one attached hydrogen (secondary N) is 3. The van der Waals surface area contributed by atoms with E-state index < -0.39 is 17.0 Å². The first-order chi connectivity index (χ1) is 19.5. The molecule has 2 aromatic rings. The summed E-state index contributed by atoms with van der Waals surface area (Å²) in [4.78, 5) is 15.1. The number of hydrazine groups is 1. The number of carbonyl (C=O) groups excluding carboxylic acids is 1. The van der Waals surface area contributed by atoms with Crippen LogP contribution in [0.3, 0.4) is 0 Å². The number of hydrogen-bond donors (Lipinski definition) is 3. The minimum Gasteiger partial charge on any atom is -0.497 e. The minimum atomic E-state index is -0.504. The van der Waals surface area contributed by atoms with Crippen molar-refractivity contribution in [3.63, 3.8) is 0 Å². The maximum Gasteiger partial charge on any atom is 0.235 e. The average Bonchev–Trinajstić information content (AvgIpc) is 3.51. The molecule has 0 bridgehead atoms. The molecule has 2 saturated heterocycles. The van der Waals surface area contributed by atoms with Crippen molar-refractivity contribution in [2.75, 3.05) is 38.7 Å². The fraction of sp³-hybridized carbons (Fsp3) is 0.516. The van der Waals surface area contributed by atoms with Gasteiger partial charge in [0.05, 0.1) is 25.7 Å². The van der Waals surface area contributed by atoms with Crippen molar-refractivity contribution in [2.45, 2.75) is 49.7 Å². The minimum absolute atomic E-state index is 0.0815. The molecular formula is C31H36F2N4O3. The number of methoxy groups -OCH3 is 1. The van der Waals surface area contributed by atoms with Crippen molar-refractivity contribution in [3.8, 4) is 5.75 Å². The third kappa shape index (κ3) is 4.43. The molecule has 0 aromatic heterocycles. The molecule has 212 valence electrons. The van der Waals surface area contributed by atoms with Gasteiger partial charge >= 0.3 is 0 Å². The van der Waals surface area contributed by atoms with Gasteiger partial charge in [-0.15, -0.1) is 0 Å². The van der Waals surface area contributed by atoms with Gasteiger partial charge in [-0.05, 0) is 84.9 Å². The lowest BCUT2D eigenvalue weighted by atomic mass is 9.73. The second-order valence-corrected chi connectivity index (χ2v) is 12.0. The van der Waals surface area contributed by atoms with Gasteiger partial charge in [-0.3, -0.25) is 20.5 Å². The van der Waals surface area contributed by atoms with Crippen molar-refractivity contribution in [2.24, 2.45) is 17.8 Å². The molecule has 2 aliphatic carbocycles. The van der Waals surface area contributed by atoms with Crippen LogP contribution in [-0.2, 0) is 21.5 Å². The van der Waals surface area contributed by atoms with Crippen LogP contribution >= 0.6 is 0 Å². The highest BCUT2D eigenvalue weighted by Gasteiger charge is 2.67. The zero-order chi connectivity index (χ0) is 27.4. The maximum absolute atomic E-state index is 14.9. The molecule has 2 saturated carbocycles. The van der Waals surface area contributed by atoms with E-state index in [1.54, 1.807) is 7.11 Å². The Kier molecular flexibility index (Phi) is 6.65. The lowest BCUT2D eigenvalue weighted by Gasteiger charge is -2.33. The molecule has 6 atom stereocenters. The van der Waals surface area contributed by atoms with E-state index >= 15 is 0 Å². The van der Waals surface area contributed by atoms with Crippen LogP contribution in [-0.4, -0.2) is 56.3 Å². The van der Waals surface area contributed by atoms with Crippen LogP contribution in [0, 0.1) is 29.4 Å². The van der Waals surface area contributed by atoms with Gasteiger partial charge in [0, 0.05) is 43.0 Å². The molecule has 3 aliphatic heterocycles. The number of amides is 1. The number of fused-ring (bicyclic) bond motifs is 3. The molecule has 3 N–H and O–H groups in total. The summed E-state index contributed by atoms with van der Waals surface area (Å²) < 4.78 is 40.5. The number of nitrogens with zero attached hydrogens (tertiary/aromatic N) is 1. The number of ether oxygens (including phenoxy) is 2. The molecule has 3 heterocycles. The molecule has 7 nitrogen and oxygen atoms in total. The molecular weight excluding hydrogens is 514 g/mol. The monoisotopic (exact) mass is 550 g/mol. The first-order valence-electron chi connectivity index (χ1n) is 14.4. The molecule has 1 spiro atoms. The van der Waals surface area contributed by atoms with Gasteiger partial charge < -0.3 is 14.8 Å². The van der Waals surface area contributed by atoms with Crippen molar-refractivity contribution in [1.82, 2.24) is 15.8 Å². The Morgan fingerprint density at radius 3 is 2.70 bits per heavy atom. The first kappa shape index (κ1) is 26.1. The summed E-state index contributed by atoms with van der Waals surface area (Å²) in [5.41, 5.74) is 9.10. The Bertz CT molecular complexity index is 1320. The highest BCUT2D eigenvalue weighted by Crippen LogP contribution is 2.65. The molecule has 40 heavy (non-hydrogen) atoms. The summed E-state index contributed by atoms with van der Waals surface area (Å²) in [7, 11) is 1.66. The molecule has 5 aliphatic rings. The van der Waals surface area contributed by atoms with E-state index in [0.29, 0.717) is 55.7 Å². The summed E-state index contributed by atoms with van der Waals surface area (Å²) in [6, 6.07) is 9.10. The van der Waals surface area contributed by atoms with E-state index in [1.165, 1.54) is 12.1 Å². The normalized spacial score (nSPS) is 33.3. The zero-order valence-corrected chi connectivity index (χ0v) is 22.7. The molecule has 2 aromatic carbocycles. The van der Waals surface area contributed by atoms with Crippen molar-refractivity contribution < 1.29 is 23.0 Å². The summed E-state index contributed by atoms with van der Waals surface area (Å²) in [5, 5.41) is 3.10. The molecule has 0 radical (unpaired) electrons. The van der Waals surface area contributed by atoms with E-state index in [1.807, 2.05) is 35.3 Å². The Balaban J connectivity index is 0.995. The van der Waals surface area contributed by atoms with Crippen LogP contribution in [0.15, 0.2) is 36.4 Å². The van der Waals surface area contributed by atoms with Crippen LogP contribution in [0.25, 0.3) is 6.08 Å². The smallest absolute Gasteiger partial charge is 0.235 e. The topological polar surface area (TPSA) is 74.9 Å². The van der Waals surface area contributed by atoms with Gasteiger partial charge in [0.1, 0.15) is 17.4 Å². The summed E-state index contributed by atoms with van der Waals surface area (Å²) >= 11 is 0. The Labute approximate surface area is 233 Å². The number of rotatable bonds is 6. The van der Waals surface area contributed by atoms with Gasteiger partial charge in [0.15, 0.2) is 0 Å². The highest BCUT2D eigenvalue weighted by molar-refractivity contribution is 6.09. The number of morpholine rings is 1. The molecule has 4 unspecified atom stereocenters. The third-order valence-electron chi connectivity index (χ3n) is 9.93. The molecule has 9 heteroatoms. The number of carbonyl (C=O) groups is 1. The van der Waals surface area contributed by atoms with E-state index in [4.69, 9.17) is 9.47 Å². The molecule has 1 amide bonds. The second kappa shape index (κ2) is 10.2. The van der Waals surface area contributed by atoms with Crippen LogP contribution in [0.5, 0.6) is 5.75 Å². The van der Waals surface area contributed by atoms with Crippen molar-refractivity contribution in [3.05, 3.63) is 64.7 Å². The highest BCUT2D eigenvalue weighted by atomic mass is 19.1. The SMILES string of the molecule is COc1ccc2c(c1)[C@]1(C[C@H]1C1CCC3C(/C=C/c4cc(F)c(CN5CCOCC5)c(F)c4)NNC3C1)C(=O)N2. The quantitative estimate of drug-likeness (QED) is 0.505. The van der Waals surface area contributed by atoms with E-state index in [0.717, 1.165) is 42.7 Å². The number of halogens is 2. The third-order valence-corrected chi connectivity index (χ3v) is 9.93. The fourth-order valence-corrected chi connectivity index (χ4v) is 7.67. The predicted molar refractivity (Wildman–Crippen MR) is 148 cm³/mol. The maximum atomic E-state index is 14.9. The van der Waals surface area contributed by atoms with Crippen LogP contribution in [0.2, 0.25) is 0 Å². The van der Waals surface area contributed by atoms with Gasteiger partial charge in [0.2, 0.25) is 5.91 Å². The van der Waals surface area contributed by atoms with E-state index in [-0.39, 0.29) is 24.1 Å². The predicted octanol–water partition coefficient (Wildman–Crippen LogP) is 3.99. The molecule has 4 fully saturated rings. The van der Waals surface area contributed by atoms with Gasteiger partial charge in [-0.1, -0.05) is 12.2 Å². The summed E-state index contributed by atoms with van der Waals surface area (Å²) in [5.74, 6) is 1.08. The van der Waals surface area contributed by atoms with Gasteiger partial charge in [-0.2, -0.15) is 0 Å².